The SMILES string of the molecule is NC[C@]1(c2ccccc2F)[C@@H]2CCN(c3cnc4c(-c5ccc6c(N)nccc6c5)[nH]nc4n3)C[C@@H]21. The first-order valence-corrected chi connectivity index (χ1v) is 12.2. The number of pyridine rings is 1. The van der Waals surface area contributed by atoms with Gasteiger partial charge in [-0.15, -0.1) is 0 Å². The van der Waals surface area contributed by atoms with Gasteiger partial charge >= 0.3 is 0 Å². The molecule has 1 aliphatic carbocycles. The smallest absolute Gasteiger partial charge is 0.202 e. The van der Waals surface area contributed by atoms with Crippen LogP contribution >= 0.6 is 0 Å². The molecule has 0 spiro atoms. The summed E-state index contributed by atoms with van der Waals surface area (Å²) in [6.45, 7) is 2.04. The van der Waals surface area contributed by atoms with Crippen LogP contribution in [0.15, 0.2) is 60.9 Å². The number of rotatable bonds is 4. The summed E-state index contributed by atoms with van der Waals surface area (Å²) in [6.07, 6.45) is 4.45. The topological polar surface area (TPSA) is 123 Å². The van der Waals surface area contributed by atoms with Crippen molar-refractivity contribution < 1.29 is 4.39 Å². The summed E-state index contributed by atoms with van der Waals surface area (Å²) >= 11 is 0. The third-order valence-corrected chi connectivity index (χ3v) is 8.20. The van der Waals surface area contributed by atoms with Crippen molar-refractivity contribution in [3.8, 4) is 11.3 Å². The maximum atomic E-state index is 14.7. The fraction of sp³-hybridized carbons (Fsp3) is 0.259. The number of benzene rings is 2. The molecule has 1 aliphatic heterocycles. The molecule has 2 aromatic carbocycles. The molecule has 0 radical (unpaired) electrons. The van der Waals surface area contributed by atoms with Crippen molar-refractivity contribution in [3.63, 3.8) is 0 Å². The van der Waals surface area contributed by atoms with E-state index in [2.05, 4.69) is 20.1 Å². The van der Waals surface area contributed by atoms with E-state index in [0.29, 0.717) is 35.4 Å². The minimum atomic E-state index is -0.299. The van der Waals surface area contributed by atoms with Crippen molar-refractivity contribution in [1.82, 2.24) is 25.1 Å². The van der Waals surface area contributed by atoms with Crippen LogP contribution in [0.3, 0.4) is 0 Å². The third-order valence-electron chi connectivity index (χ3n) is 8.20. The first-order chi connectivity index (χ1) is 17.6. The maximum Gasteiger partial charge on any atom is 0.202 e. The summed E-state index contributed by atoms with van der Waals surface area (Å²) in [5, 5.41) is 9.46. The molecule has 7 rings (SSSR count). The highest BCUT2D eigenvalue weighted by Crippen LogP contribution is 2.63. The molecule has 2 aliphatic rings. The summed E-state index contributed by atoms with van der Waals surface area (Å²) in [6, 6.07) is 15.0. The van der Waals surface area contributed by atoms with Crippen LogP contribution in [0.5, 0.6) is 0 Å². The number of anilines is 2. The lowest BCUT2D eigenvalue weighted by atomic mass is 9.91. The van der Waals surface area contributed by atoms with Gasteiger partial charge in [0.2, 0.25) is 5.65 Å². The van der Waals surface area contributed by atoms with Gasteiger partial charge in [-0.05, 0) is 47.4 Å². The standard InChI is InChI=1S/C27H25FN8/c28-21-4-2-1-3-19(21)27(14-29)18-8-10-36(13-20(18)27)22-12-32-24-23(34-35-26(24)33-22)16-5-6-17-15(11-16)7-9-31-25(17)30/h1-7,9,11-12,18,20H,8,10,13-14,29H2,(H2,30,31)(H,33,34,35)/t18-,20+,27-/m1/s1. The molecule has 0 amide bonds. The molecule has 0 bridgehead atoms. The Balaban J connectivity index is 1.18. The van der Waals surface area contributed by atoms with Crippen molar-refractivity contribution in [2.75, 3.05) is 30.3 Å². The van der Waals surface area contributed by atoms with Crippen molar-refractivity contribution in [1.29, 1.82) is 0 Å². The lowest BCUT2D eigenvalue weighted by Gasteiger charge is -2.26. The van der Waals surface area contributed by atoms with E-state index in [1.807, 2.05) is 36.4 Å². The molecule has 1 saturated carbocycles. The summed E-state index contributed by atoms with van der Waals surface area (Å²) in [4.78, 5) is 15.9. The molecule has 5 aromatic rings. The predicted molar refractivity (Wildman–Crippen MR) is 138 cm³/mol. The van der Waals surface area contributed by atoms with Crippen LogP contribution < -0.4 is 16.4 Å². The quantitative estimate of drug-likeness (QED) is 0.359. The summed E-state index contributed by atoms with van der Waals surface area (Å²) in [7, 11) is 0. The molecule has 2 fully saturated rings. The first kappa shape index (κ1) is 21.2. The Morgan fingerprint density at radius 1 is 1.11 bits per heavy atom. The van der Waals surface area contributed by atoms with Gasteiger partial charge in [0, 0.05) is 42.2 Å². The molecule has 5 N–H and O–H groups in total. The number of nitrogens with one attached hydrogen (secondary N) is 1. The van der Waals surface area contributed by atoms with E-state index in [0.717, 1.165) is 52.9 Å². The monoisotopic (exact) mass is 480 g/mol. The number of nitrogens with zero attached hydrogens (tertiary/aromatic N) is 5. The Morgan fingerprint density at radius 2 is 2.00 bits per heavy atom. The van der Waals surface area contributed by atoms with Gasteiger partial charge in [-0.1, -0.05) is 30.3 Å². The maximum absolute atomic E-state index is 14.7. The minimum Gasteiger partial charge on any atom is -0.383 e. The van der Waals surface area contributed by atoms with Gasteiger partial charge in [0.25, 0.3) is 0 Å². The van der Waals surface area contributed by atoms with Gasteiger partial charge in [0.05, 0.1) is 11.9 Å². The number of hydrogen-bond acceptors (Lipinski definition) is 7. The normalized spacial score (nSPS) is 23.2. The summed E-state index contributed by atoms with van der Waals surface area (Å²) in [5.41, 5.74) is 15.7. The van der Waals surface area contributed by atoms with Crippen LogP contribution in [0.4, 0.5) is 16.0 Å². The molecule has 9 heteroatoms. The Hall–Kier alpha value is -4.11. The van der Waals surface area contributed by atoms with Crippen molar-refractivity contribution in [2.24, 2.45) is 17.6 Å². The highest BCUT2D eigenvalue weighted by atomic mass is 19.1. The molecular formula is C27H25FN8. The number of hydrogen-bond donors (Lipinski definition) is 3. The summed E-state index contributed by atoms with van der Waals surface area (Å²) < 4.78 is 14.7. The predicted octanol–water partition coefficient (Wildman–Crippen LogP) is 3.64. The average molecular weight is 481 g/mol. The largest absolute Gasteiger partial charge is 0.383 e. The van der Waals surface area contributed by atoms with E-state index >= 15 is 0 Å². The number of fused-ring (bicyclic) bond motifs is 3. The van der Waals surface area contributed by atoms with E-state index in [1.165, 1.54) is 6.07 Å². The zero-order chi connectivity index (χ0) is 24.4. The number of nitrogen functional groups attached to an aromatic ring is 1. The third kappa shape index (κ3) is 2.95. The van der Waals surface area contributed by atoms with Gasteiger partial charge in [0.1, 0.15) is 23.0 Å². The molecule has 0 unspecified atom stereocenters. The Kier molecular flexibility index (Phi) is 4.53. The Morgan fingerprint density at radius 3 is 2.86 bits per heavy atom. The van der Waals surface area contributed by atoms with E-state index < -0.39 is 0 Å². The van der Waals surface area contributed by atoms with Gasteiger partial charge in [-0.2, -0.15) is 5.10 Å². The molecule has 3 aromatic heterocycles. The van der Waals surface area contributed by atoms with Crippen LogP contribution in [0, 0.1) is 17.7 Å². The Labute approximate surface area is 206 Å². The number of H-pyrrole nitrogens is 1. The van der Waals surface area contributed by atoms with Crippen molar-refractivity contribution >= 4 is 33.6 Å². The molecule has 180 valence electrons. The van der Waals surface area contributed by atoms with Crippen molar-refractivity contribution in [3.05, 3.63) is 72.3 Å². The van der Waals surface area contributed by atoms with Gasteiger partial charge in [-0.25, -0.2) is 19.3 Å². The number of aromatic amines is 1. The number of nitrogens with two attached hydrogens (primary N) is 2. The molecule has 3 atom stereocenters. The highest BCUT2D eigenvalue weighted by Gasteiger charge is 2.66. The average Bonchev–Trinajstić information content (AvgIpc) is 3.36. The van der Waals surface area contributed by atoms with Crippen LogP contribution in [-0.4, -0.2) is 44.8 Å². The zero-order valence-electron chi connectivity index (χ0n) is 19.5. The van der Waals surface area contributed by atoms with E-state index in [4.69, 9.17) is 21.4 Å². The number of aromatic nitrogens is 5. The van der Waals surface area contributed by atoms with Crippen LogP contribution in [0.2, 0.25) is 0 Å². The summed E-state index contributed by atoms with van der Waals surface area (Å²) in [5.74, 6) is 1.80. The Bertz CT molecular complexity index is 1630. The molecule has 1 saturated heterocycles. The second kappa shape index (κ2) is 7.69. The van der Waals surface area contributed by atoms with Gasteiger partial charge < -0.3 is 16.4 Å². The fourth-order valence-electron chi connectivity index (χ4n) is 6.33. The van der Waals surface area contributed by atoms with E-state index in [-0.39, 0.29) is 11.2 Å². The van der Waals surface area contributed by atoms with Gasteiger partial charge in [0.15, 0.2) is 0 Å². The van der Waals surface area contributed by atoms with Crippen molar-refractivity contribution in [2.45, 2.75) is 11.8 Å². The molecular weight excluding hydrogens is 455 g/mol. The first-order valence-electron chi connectivity index (χ1n) is 12.2. The second-order valence-corrected chi connectivity index (χ2v) is 9.80. The van der Waals surface area contributed by atoms with Gasteiger partial charge in [-0.3, -0.25) is 5.10 Å². The van der Waals surface area contributed by atoms with E-state index in [9.17, 15) is 4.39 Å². The number of halogens is 1. The fourth-order valence-corrected chi connectivity index (χ4v) is 6.33. The van der Waals surface area contributed by atoms with Crippen LogP contribution in [-0.2, 0) is 5.41 Å². The van der Waals surface area contributed by atoms with Crippen LogP contribution in [0.25, 0.3) is 33.2 Å². The second-order valence-electron chi connectivity index (χ2n) is 9.80. The minimum absolute atomic E-state index is 0.165. The molecule has 8 nitrogen and oxygen atoms in total. The lowest BCUT2D eigenvalue weighted by Crippen LogP contribution is -2.32. The molecule has 36 heavy (non-hydrogen) atoms. The lowest BCUT2D eigenvalue weighted by molar-refractivity contribution is 0.533. The zero-order valence-corrected chi connectivity index (χ0v) is 19.5. The van der Waals surface area contributed by atoms with E-state index in [1.54, 1.807) is 18.5 Å². The molecule has 4 heterocycles. The number of piperidine rings is 1. The highest BCUT2D eigenvalue weighted by molar-refractivity contribution is 5.96. The van der Waals surface area contributed by atoms with Crippen LogP contribution in [0.1, 0.15) is 12.0 Å².